The number of anilines is 1. The molecule has 0 bridgehead atoms. The molecular weight excluding hydrogens is 240 g/mol. The van der Waals surface area contributed by atoms with Crippen LogP contribution in [0.15, 0.2) is 0 Å². The largest absolute Gasteiger partial charge is 0.398 e. The number of aryl methyl sites for hydroxylation is 3. The van der Waals surface area contributed by atoms with Gasteiger partial charge in [0.1, 0.15) is 0 Å². The Morgan fingerprint density at radius 2 is 1.61 bits per heavy atom. The standard InChI is InChI=1S/C15H18N2S/c16-14-9-5-1-3-7-11(9)17-15-13(14)10-6-2-4-8-12(10)18-15/h1-8H2,(H2,16,17)/p+1. The van der Waals surface area contributed by atoms with Gasteiger partial charge in [-0.2, -0.15) is 4.98 Å². The molecule has 2 aliphatic carbocycles. The van der Waals surface area contributed by atoms with E-state index in [-0.39, 0.29) is 0 Å². The lowest BCUT2D eigenvalue weighted by Gasteiger charge is -2.14. The van der Waals surface area contributed by atoms with Gasteiger partial charge in [0, 0.05) is 16.9 Å². The van der Waals surface area contributed by atoms with E-state index in [0.29, 0.717) is 0 Å². The Kier molecular flexibility index (Phi) is 2.37. The van der Waals surface area contributed by atoms with Gasteiger partial charge in [-0.25, -0.2) is 0 Å². The molecule has 2 heterocycles. The normalized spacial score (nSPS) is 18.7. The summed E-state index contributed by atoms with van der Waals surface area (Å²) in [5, 5.41) is 1.37. The van der Waals surface area contributed by atoms with Gasteiger partial charge in [-0.15, -0.1) is 0 Å². The second-order valence-corrected chi connectivity index (χ2v) is 6.72. The summed E-state index contributed by atoms with van der Waals surface area (Å²) in [6.45, 7) is 0. The number of nitrogen functional groups attached to an aromatic ring is 1. The molecule has 0 aliphatic heterocycles. The number of aromatic nitrogens is 1. The molecule has 18 heavy (non-hydrogen) atoms. The molecular formula is C15H19N2S+. The highest BCUT2D eigenvalue weighted by Gasteiger charge is 2.27. The van der Waals surface area contributed by atoms with Crippen molar-refractivity contribution in [2.45, 2.75) is 51.4 Å². The molecule has 94 valence electrons. The maximum atomic E-state index is 6.49. The Morgan fingerprint density at radius 1 is 0.889 bits per heavy atom. The smallest absolute Gasteiger partial charge is 0.270 e. The quantitative estimate of drug-likeness (QED) is 0.776. The number of aromatic amines is 1. The number of rotatable bonds is 0. The first kappa shape index (κ1) is 10.8. The molecule has 0 aromatic carbocycles. The molecule has 3 heteroatoms. The zero-order chi connectivity index (χ0) is 12.1. The first-order valence-corrected chi connectivity index (χ1v) is 7.93. The van der Waals surface area contributed by atoms with Crippen molar-refractivity contribution in [3.05, 3.63) is 21.7 Å². The van der Waals surface area contributed by atoms with Crippen molar-refractivity contribution in [2.24, 2.45) is 0 Å². The second kappa shape index (κ2) is 3.95. The average molecular weight is 259 g/mol. The summed E-state index contributed by atoms with van der Waals surface area (Å²) in [5.74, 6) is 0. The zero-order valence-corrected chi connectivity index (χ0v) is 11.5. The minimum atomic E-state index is 1.10. The molecule has 4 rings (SSSR count). The number of H-pyrrole nitrogens is 1. The average Bonchev–Trinajstić information content (AvgIpc) is 2.77. The van der Waals surface area contributed by atoms with E-state index >= 15 is 0 Å². The van der Waals surface area contributed by atoms with Crippen LogP contribution < -0.4 is 10.7 Å². The van der Waals surface area contributed by atoms with Crippen LogP contribution in [0.3, 0.4) is 0 Å². The van der Waals surface area contributed by atoms with Gasteiger partial charge in [-0.05, 0) is 50.5 Å². The summed E-state index contributed by atoms with van der Waals surface area (Å²) in [7, 11) is 0. The van der Waals surface area contributed by atoms with E-state index in [2.05, 4.69) is 4.98 Å². The maximum Gasteiger partial charge on any atom is 0.270 e. The van der Waals surface area contributed by atoms with Gasteiger partial charge in [-0.3, -0.25) is 0 Å². The van der Waals surface area contributed by atoms with Crippen molar-refractivity contribution in [3.8, 4) is 0 Å². The van der Waals surface area contributed by atoms with Crippen molar-refractivity contribution in [1.29, 1.82) is 0 Å². The van der Waals surface area contributed by atoms with Gasteiger partial charge >= 0.3 is 0 Å². The van der Waals surface area contributed by atoms with Crippen molar-refractivity contribution < 1.29 is 4.98 Å². The summed E-state index contributed by atoms with van der Waals surface area (Å²) in [6, 6.07) is 0. The molecule has 0 amide bonds. The summed E-state index contributed by atoms with van der Waals surface area (Å²) in [4.78, 5) is 6.60. The maximum absolute atomic E-state index is 6.49. The molecule has 0 radical (unpaired) electrons. The van der Waals surface area contributed by atoms with Gasteiger partial charge in [0.2, 0.25) is 0 Å². The van der Waals surface area contributed by atoms with Crippen molar-refractivity contribution in [1.82, 2.24) is 0 Å². The van der Waals surface area contributed by atoms with Gasteiger partial charge < -0.3 is 5.73 Å². The van der Waals surface area contributed by atoms with E-state index in [1.165, 1.54) is 66.4 Å². The van der Waals surface area contributed by atoms with E-state index < -0.39 is 0 Å². The molecule has 0 unspecified atom stereocenters. The third-order valence-corrected chi connectivity index (χ3v) is 5.71. The first-order valence-electron chi connectivity index (χ1n) is 7.11. The predicted octanol–water partition coefficient (Wildman–Crippen LogP) is 3.06. The zero-order valence-electron chi connectivity index (χ0n) is 10.6. The fourth-order valence-corrected chi connectivity index (χ4v) is 4.90. The Balaban J connectivity index is 2.04. The Bertz CT molecular complexity index is 627. The van der Waals surface area contributed by atoms with Crippen LogP contribution in [0.25, 0.3) is 10.2 Å². The second-order valence-electron chi connectivity index (χ2n) is 5.62. The summed E-state index contributed by atoms with van der Waals surface area (Å²) >= 11 is 1.95. The fraction of sp³-hybridized carbons (Fsp3) is 0.533. The Morgan fingerprint density at radius 3 is 2.50 bits per heavy atom. The van der Waals surface area contributed by atoms with Crippen LogP contribution in [0.5, 0.6) is 0 Å². The predicted molar refractivity (Wildman–Crippen MR) is 76.1 cm³/mol. The Labute approximate surface area is 111 Å². The van der Waals surface area contributed by atoms with Crippen LogP contribution in [0.4, 0.5) is 5.69 Å². The highest BCUT2D eigenvalue weighted by Crippen LogP contribution is 2.39. The van der Waals surface area contributed by atoms with Gasteiger partial charge in [0.15, 0.2) is 5.69 Å². The Hall–Kier alpha value is -1.09. The first-order chi connectivity index (χ1) is 8.84. The third kappa shape index (κ3) is 1.43. The summed E-state index contributed by atoms with van der Waals surface area (Å²) < 4.78 is 0. The molecule has 2 aliphatic rings. The molecule has 0 saturated heterocycles. The molecule has 2 aromatic heterocycles. The number of thiophene rings is 1. The van der Waals surface area contributed by atoms with E-state index in [0.717, 1.165) is 12.1 Å². The van der Waals surface area contributed by atoms with Crippen LogP contribution in [-0.4, -0.2) is 0 Å². The minimum Gasteiger partial charge on any atom is -0.398 e. The van der Waals surface area contributed by atoms with E-state index in [4.69, 9.17) is 5.73 Å². The number of hydrogen-bond acceptors (Lipinski definition) is 2. The van der Waals surface area contributed by atoms with Crippen molar-refractivity contribution in [2.75, 3.05) is 5.73 Å². The molecule has 3 N–H and O–H groups in total. The highest BCUT2D eigenvalue weighted by molar-refractivity contribution is 7.18. The van der Waals surface area contributed by atoms with Crippen LogP contribution in [0.2, 0.25) is 0 Å². The van der Waals surface area contributed by atoms with Crippen molar-refractivity contribution >= 4 is 27.2 Å². The van der Waals surface area contributed by atoms with Crippen LogP contribution in [0.1, 0.15) is 47.4 Å². The SMILES string of the molecule is Nc1c2c([nH+]c3sc4c(c13)CCCC4)CCCC2. The molecule has 2 aromatic rings. The molecule has 0 fully saturated rings. The molecule has 0 spiro atoms. The molecule has 0 atom stereocenters. The van der Waals surface area contributed by atoms with Crippen LogP contribution >= 0.6 is 11.3 Å². The lowest BCUT2D eigenvalue weighted by atomic mass is 9.91. The number of hydrogen-bond donors (Lipinski definition) is 1. The topological polar surface area (TPSA) is 40.2 Å². The van der Waals surface area contributed by atoms with E-state index in [9.17, 15) is 0 Å². The van der Waals surface area contributed by atoms with Gasteiger partial charge in [-0.1, -0.05) is 11.3 Å². The monoisotopic (exact) mass is 259 g/mol. The summed E-state index contributed by atoms with van der Waals surface area (Å²) in [6.07, 6.45) is 10.1. The third-order valence-electron chi connectivity index (χ3n) is 4.50. The number of nitrogens with one attached hydrogen (secondary N) is 1. The van der Waals surface area contributed by atoms with Crippen LogP contribution in [0, 0.1) is 0 Å². The highest BCUT2D eigenvalue weighted by atomic mass is 32.1. The summed E-state index contributed by atoms with van der Waals surface area (Å²) in [5.41, 5.74) is 12.0. The minimum absolute atomic E-state index is 1.10. The lowest BCUT2D eigenvalue weighted by Crippen LogP contribution is -2.20. The number of nitrogens with two attached hydrogens (primary N) is 1. The number of fused-ring (bicyclic) bond motifs is 4. The number of pyridine rings is 1. The van der Waals surface area contributed by atoms with Gasteiger partial charge in [0.25, 0.3) is 4.83 Å². The lowest BCUT2D eigenvalue weighted by molar-refractivity contribution is -0.356. The van der Waals surface area contributed by atoms with Crippen LogP contribution in [-0.2, 0) is 25.7 Å². The van der Waals surface area contributed by atoms with E-state index in [1.807, 2.05) is 11.3 Å². The van der Waals surface area contributed by atoms with Crippen molar-refractivity contribution in [3.63, 3.8) is 0 Å². The molecule has 0 saturated carbocycles. The van der Waals surface area contributed by atoms with E-state index in [1.54, 1.807) is 10.4 Å². The van der Waals surface area contributed by atoms with Gasteiger partial charge in [0.05, 0.1) is 11.1 Å². The molecule has 2 nitrogen and oxygen atoms in total. The fourth-order valence-electron chi connectivity index (χ4n) is 3.57.